The van der Waals surface area contributed by atoms with E-state index in [0.29, 0.717) is 5.69 Å². The van der Waals surface area contributed by atoms with Crippen LogP contribution in [0.4, 0.5) is 5.69 Å². The van der Waals surface area contributed by atoms with E-state index in [4.69, 9.17) is 0 Å². The molecular weight excluding hydrogens is 244 g/mol. The van der Waals surface area contributed by atoms with Crippen molar-refractivity contribution in [2.24, 2.45) is 7.05 Å². The number of hydrogen-bond donors (Lipinski definition) is 0. The van der Waals surface area contributed by atoms with E-state index in [-0.39, 0.29) is 5.69 Å². The van der Waals surface area contributed by atoms with Crippen molar-refractivity contribution in [3.8, 4) is 0 Å². The number of hydrogen-bond acceptors (Lipinski definition) is 4. The molecule has 0 radical (unpaired) electrons. The Kier molecular flexibility index (Phi) is 3.70. The SMILES string of the molecule is CCc1nn(C)cc1/C=C/c1ccc([N+](=O)[O-])cn1. The summed E-state index contributed by atoms with van der Waals surface area (Å²) in [5.74, 6) is 0. The number of pyridine rings is 1. The molecule has 0 spiro atoms. The van der Waals surface area contributed by atoms with Crippen LogP contribution in [0.15, 0.2) is 24.5 Å². The molecule has 0 atom stereocenters. The van der Waals surface area contributed by atoms with Crippen LogP contribution in [0.2, 0.25) is 0 Å². The quantitative estimate of drug-likeness (QED) is 0.623. The molecule has 2 aromatic heterocycles. The van der Waals surface area contributed by atoms with Gasteiger partial charge in [-0.15, -0.1) is 0 Å². The van der Waals surface area contributed by atoms with E-state index in [2.05, 4.69) is 10.1 Å². The minimum Gasteiger partial charge on any atom is -0.275 e. The van der Waals surface area contributed by atoms with Crippen LogP contribution in [0.3, 0.4) is 0 Å². The van der Waals surface area contributed by atoms with Gasteiger partial charge in [0.25, 0.3) is 5.69 Å². The van der Waals surface area contributed by atoms with Crippen LogP contribution < -0.4 is 0 Å². The zero-order valence-corrected chi connectivity index (χ0v) is 10.8. The smallest absolute Gasteiger partial charge is 0.275 e. The van der Waals surface area contributed by atoms with Crippen molar-refractivity contribution < 1.29 is 4.92 Å². The molecule has 0 aliphatic rings. The van der Waals surface area contributed by atoms with Gasteiger partial charge in [-0.05, 0) is 24.6 Å². The summed E-state index contributed by atoms with van der Waals surface area (Å²) >= 11 is 0. The Bertz CT molecular complexity index is 614. The number of aryl methyl sites for hydroxylation is 2. The first-order valence-corrected chi connectivity index (χ1v) is 5.91. The van der Waals surface area contributed by atoms with Gasteiger partial charge in [0, 0.05) is 24.9 Å². The Balaban J connectivity index is 2.20. The summed E-state index contributed by atoms with van der Waals surface area (Å²) in [5.41, 5.74) is 2.72. The van der Waals surface area contributed by atoms with Gasteiger partial charge in [-0.3, -0.25) is 14.8 Å². The molecule has 6 nitrogen and oxygen atoms in total. The fourth-order valence-corrected chi connectivity index (χ4v) is 1.75. The van der Waals surface area contributed by atoms with Crippen LogP contribution in [0.25, 0.3) is 12.2 Å². The van der Waals surface area contributed by atoms with Gasteiger partial charge in [0.15, 0.2) is 0 Å². The van der Waals surface area contributed by atoms with E-state index >= 15 is 0 Å². The molecule has 2 rings (SSSR count). The second kappa shape index (κ2) is 5.43. The topological polar surface area (TPSA) is 73.8 Å². The molecule has 2 aromatic rings. The van der Waals surface area contributed by atoms with Gasteiger partial charge in [-0.25, -0.2) is 4.98 Å². The normalized spacial score (nSPS) is 11.1. The molecule has 0 saturated carbocycles. The van der Waals surface area contributed by atoms with Crippen molar-refractivity contribution in [1.82, 2.24) is 14.8 Å². The van der Waals surface area contributed by atoms with Crippen molar-refractivity contribution in [3.63, 3.8) is 0 Å². The molecule has 0 bridgehead atoms. The van der Waals surface area contributed by atoms with Crippen molar-refractivity contribution in [2.45, 2.75) is 13.3 Å². The van der Waals surface area contributed by atoms with Gasteiger partial charge in [0.05, 0.1) is 16.3 Å². The molecule has 0 unspecified atom stereocenters. The van der Waals surface area contributed by atoms with Crippen molar-refractivity contribution >= 4 is 17.8 Å². The molecule has 0 aromatic carbocycles. The molecule has 0 aliphatic heterocycles. The Hall–Kier alpha value is -2.50. The highest BCUT2D eigenvalue weighted by Gasteiger charge is 2.05. The fourth-order valence-electron chi connectivity index (χ4n) is 1.75. The standard InChI is InChI=1S/C13H14N4O2/c1-3-13-10(9-16(2)15-13)4-5-11-6-7-12(8-14-11)17(18)19/h4-9H,3H2,1-2H3/b5-4+. The Morgan fingerprint density at radius 3 is 2.79 bits per heavy atom. The average molecular weight is 258 g/mol. The van der Waals surface area contributed by atoms with Gasteiger partial charge >= 0.3 is 0 Å². The molecule has 0 aliphatic carbocycles. The van der Waals surface area contributed by atoms with Crippen molar-refractivity contribution in [3.05, 3.63) is 51.6 Å². The lowest BCUT2D eigenvalue weighted by atomic mass is 10.2. The number of nitro groups is 1. The fraction of sp³-hybridized carbons (Fsp3) is 0.231. The minimum atomic E-state index is -0.462. The molecule has 98 valence electrons. The minimum absolute atomic E-state index is 0.00669. The molecule has 0 amide bonds. The lowest BCUT2D eigenvalue weighted by Crippen LogP contribution is -1.89. The van der Waals surface area contributed by atoms with E-state index in [9.17, 15) is 10.1 Å². The van der Waals surface area contributed by atoms with E-state index < -0.39 is 4.92 Å². The highest BCUT2D eigenvalue weighted by molar-refractivity contribution is 5.69. The number of nitrogens with zero attached hydrogens (tertiary/aromatic N) is 4. The molecular formula is C13H14N4O2. The third kappa shape index (κ3) is 3.04. The van der Waals surface area contributed by atoms with Gasteiger partial charge in [0.1, 0.15) is 6.20 Å². The predicted octanol–water partition coefficient (Wildman–Crippen LogP) is 2.46. The van der Waals surface area contributed by atoms with Gasteiger partial charge < -0.3 is 0 Å². The summed E-state index contributed by atoms with van der Waals surface area (Å²) in [5, 5.41) is 14.8. The van der Waals surface area contributed by atoms with Gasteiger partial charge in [-0.1, -0.05) is 6.92 Å². The van der Waals surface area contributed by atoms with E-state index in [1.807, 2.05) is 32.3 Å². The molecule has 2 heterocycles. The van der Waals surface area contributed by atoms with E-state index in [0.717, 1.165) is 17.7 Å². The van der Waals surface area contributed by atoms with Crippen LogP contribution >= 0.6 is 0 Å². The Labute approximate surface area is 110 Å². The van der Waals surface area contributed by atoms with Crippen LogP contribution in [-0.2, 0) is 13.5 Å². The highest BCUT2D eigenvalue weighted by atomic mass is 16.6. The average Bonchev–Trinajstić information content (AvgIpc) is 2.77. The van der Waals surface area contributed by atoms with Crippen LogP contribution in [0.1, 0.15) is 23.9 Å². The zero-order valence-electron chi connectivity index (χ0n) is 10.8. The predicted molar refractivity (Wildman–Crippen MR) is 72.4 cm³/mol. The zero-order chi connectivity index (χ0) is 13.8. The maximum absolute atomic E-state index is 10.5. The summed E-state index contributed by atoms with van der Waals surface area (Å²) in [6.45, 7) is 2.05. The molecule has 0 N–H and O–H groups in total. The second-order valence-electron chi connectivity index (χ2n) is 4.09. The third-order valence-corrected chi connectivity index (χ3v) is 2.69. The Morgan fingerprint density at radius 1 is 1.42 bits per heavy atom. The molecule has 0 saturated heterocycles. The summed E-state index contributed by atoms with van der Waals surface area (Å²) in [4.78, 5) is 14.1. The molecule has 19 heavy (non-hydrogen) atoms. The first-order valence-electron chi connectivity index (χ1n) is 5.91. The van der Waals surface area contributed by atoms with Gasteiger partial charge in [-0.2, -0.15) is 5.10 Å². The largest absolute Gasteiger partial charge is 0.287 e. The Morgan fingerprint density at radius 2 is 2.21 bits per heavy atom. The van der Waals surface area contributed by atoms with Gasteiger partial charge in [0.2, 0.25) is 0 Å². The monoisotopic (exact) mass is 258 g/mol. The maximum atomic E-state index is 10.5. The first kappa shape index (κ1) is 12.9. The second-order valence-corrected chi connectivity index (χ2v) is 4.09. The molecule has 0 fully saturated rings. The molecule has 6 heteroatoms. The summed E-state index contributed by atoms with van der Waals surface area (Å²) in [7, 11) is 1.88. The van der Waals surface area contributed by atoms with Crippen LogP contribution in [0.5, 0.6) is 0 Å². The maximum Gasteiger partial charge on any atom is 0.287 e. The van der Waals surface area contributed by atoms with Crippen LogP contribution in [0, 0.1) is 10.1 Å². The lowest BCUT2D eigenvalue weighted by Gasteiger charge is -1.94. The summed E-state index contributed by atoms with van der Waals surface area (Å²) in [6.07, 6.45) is 7.78. The highest BCUT2D eigenvalue weighted by Crippen LogP contribution is 2.13. The van der Waals surface area contributed by atoms with Crippen molar-refractivity contribution in [2.75, 3.05) is 0 Å². The summed E-state index contributed by atoms with van der Waals surface area (Å²) < 4.78 is 1.77. The van der Waals surface area contributed by atoms with E-state index in [1.54, 1.807) is 10.7 Å². The van der Waals surface area contributed by atoms with Crippen molar-refractivity contribution in [1.29, 1.82) is 0 Å². The first-order chi connectivity index (χ1) is 9.10. The van der Waals surface area contributed by atoms with E-state index in [1.165, 1.54) is 12.3 Å². The summed E-state index contributed by atoms with van der Waals surface area (Å²) in [6, 6.07) is 3.06. The van der Waals surface area contributed by atoms with Crippen LogP contribution in [-0.4, -0.2) is 19.7 Å². The number of rotatable bonds is 4. The third-order valence-electron chi connectivity index (χ3n) is 2.69. The lowest BCUT2D eigenvalue weighted by molar-refractivity contribution is -0.385. The number of aromatic nitrogens is 3.